The number of rotatable bonds is 5. The standard InChI is InChI=1S/C12H21N5O3S/c1-15(2)11-7-12(14-9-13-11)20-10-5-6-17(8-10)21(18,19)16(3)4/h7,9-10H,5-6,8H2,1-4H3/t10-/m0/s1. The number of nitrogens with zero attached hydrogens (tertiary/aromatic N) is 5. The second-order valence-corrected chi connectivity index (χ2v) is 7.43. The van der Waals surface area contributed by atoms with Crippen molar-refractivity contribution in [2.75, 3.05) is 46.2 Å². The molecule has 0 spiro atoms. The van der Waals surface area contributed by atoms with Crippen molar-refractivity contribution in [3.05, 3.63) is 12.4 Å². The molecule has 0 N–H and O–H groups in total. The van der Waals surface area contributed by atoms with Gasteiger partial charge in [-0.05, 0) is 6.42 Å². The number of hydrogen-bond acceptors (Lipinski definition) is 6. The molecule has 2 heterocycles. The highest BCUT2D eigenvalue weighted by Gasteiger charge is 2.34. The zero-order chi connectivity index (χ0) is 15.6. The second kappa shape index (κ2) is 6.12. The van der Waals surface area contributed by atoms with Gasteiger partial charge >= 0.3 is 0 Å². The van der Waals surface area contributed by atoms with E-state index in [9.17, 15) is 8.42 Å². The molecule has 9 heteroatoms. The van der Waals surface area contributed by atoms with E-state index in [0.717, 1.165) is 5.82 Å². The van der Waals surface area contributed by atoms with Crippen LogP contribution in [0.4, 0.5) is 5.82 Å². The summed E-state index contributed by atoms with van der Waals surface area (Å²) in [6.45, 7) is 0.790. The lowest BCUT2D eigenvalue weighted by Gasteiger charge is -2.21. The van der Waals surface area contributed by atoms with Gasteiger partial charge in [0, 0.05) is 40.8 Å². The van der Waals surface area contributed by atoms with Gasteiger partial charge < -0.3 is 9.64 Å². The molecule has 0 aromatic carbocycles. The molecule has 118 valence electrons. The summed E-state index contributed by atoms with van der Waals surface area (Å²) >= 11 is 0. The number of aromatic nitrogens is 2. The van der Waals surface area contributed by atoms with Gasteiger partial charge in [-0.15, -0.1) is 0 Å². The van der Waals surface area contributed by atoms with Crippen LogP contribution < -0.4 is 9.64 Å². The van der Waals surface area contributed by atoms with E-state index in [1.54, 1.807) is 6.07 Å². The first-order valence-electron chi connectivity index (χ1n) is 6.64. The quantitative estimate of drug-likeness (QED) is 0.749. The zero-order valence-electron chi connectivity index (χ0n) is 12.7. The maximum atomic E-state index is 12.0. The molecule has 1 aromatic rings. The first kappa shape index (κ1) is 15.9. The lowest BCUT2D eigenvalue weighted by Crippen LogP contribution is -2.39. The fourth-order valence-electron chi connectivity index (χ4n) is 2.04. The van der Waals surface area contributed by atoms with E-state index in [1.807, 2.05) is 19.0 Å². The van der Waals surface area contributed by atoms with Gasteiger partial charge in [0.25, 0.3) is 10.2 Å². The van der Waals surface area contributed by atoms with Gasteiger partial charge in [0.05, 0.1) is 6.54 Å². The van der Waals surface area contributed by atoms with Crippen molar-refractivity contribution in [2.24, 2.45) is 0 Å². The topological polar surface area (TPSA) is 78.9 Å². The van der Waals surface area contributed by atoms with Gasteiger partial charge in [0.15, 0.2) is 0 Å². The first-order chi connectivity index (χ1) is 9.80. The van der Waals surface area contributed by atoms with E-state index in [4.69, 9.17) is 4.74 Å². The van der Waals surface area contributed by atoms with Gasteiger partial charge in [0.1, 0.15) is 18.2 Å². The summed E-state index contributed by atoms with van der Waals surface area (Å²) in [7, 11) is 3.44. The van der Waals surface area contributed by atoms with Crippen molar-refractivity contribution in [3.63, 3.8) is 0 Å². The van der Waals surface area contributed by atoms with E-state index in [0.29, 0.717) is 25.4 Å². The summed E-state index contributed by atoms with van der Waals surface area (Å²) in [5.74, 6) is 1.21. The van der Waals surface area contributed by atoms with Crippen molar-refractivity contribution < 1.29 is 13.2 Å². The normalized spacial score (nSPS) is 20.0. The molecule has 1 saturated heterocycles. The summed E-state index contributed by atoms with van der Waals surface area (Å²) in [4.78, 5) is 10.0. The third-order valence-electron chi connectivity index (χ3n) is 3.27. The van der Waals surface area contributed by atoms with Crippen LogP contribution in [0.25, 0.3) is 0 Å². The van der Waals surface area contributed by atoms with E-state index < -0.39 is 10.2 Å². The highest BCUT2D eigenvalue weighted by atomic mass is 32.2. The maximum absolute atomic E-state index is 12.0. The average Bonchev–Trinajstić information content (AvgIpc) is 2.88. The number of hydrogen-bond donors (Lipinski definition) is 0. The van der Waals surface area contributed by atoms with Crippen LogP contribution in [0.3, 0.4) is 0 Å². The van der Waals surface area contributed by atoms with Crippen molar-refractivity contribution in [2.45, 2.75) is 12.5 Å². The van der Waals surface area contributed by atoms with Crippen LogP contribution in [0.2, 0.25) is 0 Å². The number of anilines is 1. The van der Waals surface area contributed by atoms with E-state index in [2.05, 4.69) is 9.97 Å². The van der Waals surface area contributed by atoms with Crippen molar-refractivity contribution in [1.29, 1.82) is 0 Å². The summed E-state index contributed by atoms with van der Waals surface area (Å²) in [6.07, 6.45) is 1.90. The SMILES string of the molecule is CN(C)c1cc(O[C@H]2CCN(S(=O)(=O)N(C)C)C2)ncn1. The minimum absolute atomic E-state index is 0.190. The highest BCUT2D eigenvalue weighted by molar-refractivity contribution is 7.86. The Morgan fingerprint density at radius 3 is 2.62 bits per heavy atom. The summed E-state index contributed by atoms with van der Waals surface area (Å²) in [5, 5.41) is 0. The lowest BCUT2D eigenvalue weighted by molar-refractivity contribution is 0.206. The molecule has 1 aliphatic rings. The molecular weight excluding hydrogens is 294 g/mol. The van der Waals surface area contributed by atoms with Crippen LogP contribution in [0.15, 0.2) is 12.4 Å². The average molecular weight is 315 g/mol. The molecule has 0 saturated carbocycles. The second-order valence-electron chi connectivity index (χ2n) is 5.29. The third kappa shape index (κ3) is 3.60. The third-order valence-corrected chi connectivity index (χ3v) is 5.18. The Labute approximate surface area is 125 Å². The predicted octanol–water partition coefficient (Wildman–Crippen LogP) is -0.198. The molecule has 1 fully saturated rings. The van der Waals surface area contributed by atoms with Crippen LogP contribution in [-0.2, 0) is 10.2 Å². The molecule has 1 aliphatic heterocycles. The van der Waals surface area contributed by atoms with Crippen LogP contribution in [0.1, 0.15) is 6.42 Å². The molecule has 0 unspecified atom stereocenters. The van der Waals surface area contributed by atoms with Crippen LogP contribution in [0, 0.1) is 0 Å². The Morgan fingerprint density at radius 1 is 1.29 bits per heavy atom. The van der Waals surface area contributed by atoms with E-state index >= 15 is 0 Å². The smallest absolute Gasteiger partial charge is 0.281 e. The molecule has 0 amide bonds. The van der Waals surface area contributed by atoms with Gasteiger partial charge in [-0.25, -0.2) is 9.97 Å². The van der Waals surface area contributed by atoms with Crippen LogP contribution >= 0.6 is 0 Å². The molecule has 1 aromatic heterocycles. The molecule has 2 rings (SSSR count). The minimum Gasteiger partial charge on any atom is -0.473 e. The molecule has 1 atom stereocenters. The van der Waals surface area contributed by atoms with Crippen molar-refractivity contribution in [3.8, 4) is 5.88 Å². The first-order valence-corrected chi connectivity index (χ1v) is 8.04. The zero-order valence-corrected chi connectivity index (χ0v) is 13.5. The fraction of sp³-hybridized carbons (Fsp3) is 0.667. The predicted molar refractivity (Wildman–Crippen MR) is 79.6 cm³/mol. The Hall–Kier alpha value is -1.45. The molecule has 8 nitrogen and oxygen atoms in total. The van der Waals surface area contributed by atoms with Crippen molar-refractivity contribution >= 4 is 16.0 Å². The van der Waals surface area contributed by atoms with Crippen LogP contribution in [0.5, 0.6) is 5.88 Å². The van der Waals surface area contributed by atoms with E-state index in [1.165, 1.54) is 29.0 Å². The largest absolute Gasteiger partial charge is 0.473 e. The van der Waals surface area contributed by atoms with E-state index in [-0.39, 0.29) is 6.10 Å². The number of ether oxygens (including phenoxy) is 1. The molecule has 21 heavy (non-hydrogen) atoms. The summed E-state index contributed by atoms with van der Waals surface area (Å²) in [5.41, 5.74) is 0. The molecule has 0 bridgehead atoms. The summed E-state index contributed by atoms with van der Waals surface area (Å²) in [6, 6.07) is 1.74. The van der Waals surface area contributed by atoms with Gasteiger partial charge in [-0.3, -0.25) is 0 Å². The monoisotopic (exact) mass is 315 g/mol. The Morgan fingerprint density at radius 2 is 2.00 bits per heavy atom. The van der Waals surface area contributed by atoms with Gasteiger partial charge in [-0.1, -0.05) is 0 Å². The summed E-state index contributed by atoms with van der Waals surface area (Å²) < 4.78 is 32.5. The molecular formula is C12H21N5O3S. The Kier molecular flexibility index (Phi) is 4.64. The molecule has 0 radical (unpaired) electrons. The lowest BCUT2D eigenvalue weighted by atomic mass is 10.3. The van der Waals surface area contributed by atoms with Crippen LogP contribution in [-0.4, -0.2) is 74.4 Å². The Bertz CT molecular complexity index is 590. The fourth-order valence-corrected chi connectivity index (χ4v) is 3.20. The minimum atomic E-state index is -3.38. The maximum Gasteiger partial charge on any atom is 0.281 e. The highest BCUT2D eigenvalue weighted by Crippen LogP contribution is 2.21. The Balaban J connectivity index is 2.02. The van der Waals surface area contributed by atoms with Gasteiger partial charge in [-0.2, -0.15) is 17.0 Å². The van der Waals surface area contributed by atoms with Crippen molar-refractivity contribution in [1.82, 2.24) is 18.6 Å². The van der Waals surface area contributed by atoms with Gasteiger partial charge in [0.2, 0.25) is 5.88 Å². The molecule has 0 aliphatic carbocycles.